The van der Waals surface area contributed by atoms with Crippen molar-refractivity contribution in [1.82, 2.24) is 10.1 Å². The highest BCUT2D eigenvalue weighted by molar-refractivity contribution is 6.11. The van der Waals surface area contributed by atoms with E-state index in [1.54, 1.807) is 0 Å². The average Bonchev–Trinajstić information content (AvgIpc) is 3.73. The van der Waals surface area contributed by atoms with E-state index in [4.69, 9.17) is 9.68 Å². The fourth-order valence-corrected chi connectivity index (χ4v) is 7.25. The standard InChI is InChI=1S/C47H40N2O3/c50-47(43-41(31-35-19-7-1-8-20-35)51-48(33-37-23-11-3-12-24-37)45(43)39-27-15-5-16-28-39)44-42(32-36-21-9-2-10-22-36)52-49(34-38-25-13-4-14-26-38)46(44)40-29-17-6-18-30-40/h1-30,45-46H,31-34H2. The summed E-state index contributed by atoms with van der Waals surface area (Å²) in [5, 5.41) is 3.95. The van der Waals surface area contributed by atoms with Crippen LogP contribution in [-0.2, 0) is 40.4 Å². The van der Waals surface area contributed by atoms with Gasteiger partial charge in [0.25, 0.3) is 0 Å². The molecule has 0 aliphatic carbocycles. The molecular formula is C47H40N2O3. The van der Waals surface area contributed by atoms with E-state index in [1.807, 2.05) is 119 Å². The van der Waals surface area contributed by atoms with Gasteiger partial charge in [0.15, 0.2) is 5.78 Å². The second kappa shape index (κ2) is 15.5. The molecule has 2 aliphatic heterocycles. The molecule has 5 heteroatoms. The first-order valence-corrected chi connectivity index (χ1v) is 17.9. The molecule has 0 spiro atoms. The normalized spacial score (nSPS) is 17.6. The number of allylic oxidation sites excluding steroid dienone is 2. The van der Waals surface area contributed by atoms with Gasteiger partial charge in [-0.1, -0.05) is 182 Å². The molecule has 2 unspecified atom stereocenters. The van der Waals surface area contributed by atoms with Gasteiger partial charge in [0.05, 0.1) is 24.2 Å². The van der Waals surface area contributed by atoms with Crippen LogP contribution < -0.4 is 0 Å². The first-order chi connectivity index (χ1) is 25.7. The van der Waals surface area contributed by atoms with Gasteiger partial charge in [-0.05, 0) is 33.4 Å². The molecule has 2 heterocycles. The van der Waals surface area contributed by atoms with Gasteiger partial charge in [0, 0.05) is 12.8 Å². The Kier molecular flexibility index (Phi) is 9.87. The van der Waals surface area contributed by atoms with Crippen molar-refractivity contribution in [3.8, 4) is 0 Å². The van der Waals surface area contributed by atoms with Crippen molar-refractivity contribution < 1.29 is 14.5 Å². The molecule has 0 N–H and O–H groups in total. The maximum Gasteiger partial charge on any atom is 0.196 e. The van der Waals surface area contributed by atoms with Crippen molar-refractivity contribution in [3.05, 3.63) is 238 Å². The Hall–Kier alpha value is -6.01. The summed E-state index contributed by atoms with van der Waals surface area (Å²) in [5.41, 5.74) is 7.60. The molecule has 52 heavy (non-hydrogen) atoms. The first-order valence-electron chi connectivity index (χ1n) is 17.9. The molecule has 2 atom stereocenters. The molecule has 6 aromatic carbocycles. The number of Topliss-reactive ketones (excluding diaryl/α,β-unsaturated/α-hetero) is 1. The third-order valence-electron chi connectivity index (χ3n) is 9.68. The Morgan fingerprint density at radius 2 is 0.692 bits per heavy atom. The van der Waals surface area contributed by atoms with E-state index in [9.17, 15) is 0 Å². The molecule has 0 amide bonds. The zero-order valence-electron chi connectivity index (χ0n) is 28.9. The molecule has 0 saturated heterocycles. The van der Waals surface area contributed by atoms with E-state index in [0.717, 1.165) is 33.4 Å². The molecule has 2 aliphatic rings. The van der Waals surface area contributed by atoms with Gasteiger partial charge in [0.2, 0.25) is 0 Å². The van der Waals surface area contributed by atoms with Crippen molar-refractivity contribution >= 4 is 5.78 Å². The van der Waals surface area contributed by atoms with Gasteiger partial charge in [-0.2, -0.15) is 0 Å². The lowest BCUT2D eigenvalue weighted by atomic mass is 9.85. The summed E-state index contributed by atoms with van der Waals surface area (Å²) in [5.74, 6) is 1.24. The van der Waals surface area contributed by atoms with Crippen LogP contribution in [0.3, 0.4) is 0 Å². The fourth-order valence-electron chi connectivity index (χ4n) is 7.25. The van der Waals surface area contributed by atoms with Crippen LogP contribution in [0.5, 0.6) is 0 Å². The average molecular weight is 681 g/mol. The van der Waals surface area contributed by atoms with Crippen LogP contribution in [0, 0.1) is 0 Å². The predicted octanol–water partition coefficient (Wildman–Crippen LogP) is 9.93. The lowest BCUT2D eigenvalue weighted by Crippen LogP contribution is -2.29. The summed E-state index contributed by atoms with van der Waals surface area (Å²) in [6.45, 7) is 1.01. The maximum atomic E-state index is 15.9. The molecule has 0 bridgehead atoms. The van der Waals surface area contributed by atoms with Crippen LogP contribution in [0.15, 0.2) is 205 Å². The minimum absolute atomic E-state index is 0.0642. The second-order valence-electron chi connectivity index (χ2n) is 13.3. The van der Waals surface area contributed by atoms with Gasteiger partial charge in [-0.25, -0.2) is 0 Å². The van der Waals surface area contributed by atoms with E-state index in [2.05, 4.69) is 72.8 Å². The van der Waals surface area contributed by atoms with Crippen LogP contribution in [0.1, 0.15) is 45.5 Å². The van der Waals surface area contributed by atoms with Gasteiger partial charge < -0.3 is 9.68 Å². The highest BCUT2D eigenvalue weighted by atomic mass is 16.7. The predicted molar refractivity (Wildman–Crippen MR) is 204 cm³/mol. The van der Waals surface area contributed by atoms with Gasteiger partial charge in [-0.3, -0.25) is 4.79 Å². The zero-order valence-corrected chi connectivity index (χ0v) is 28.9. The maximum absolute atomic E-state index is 15.9. The van der Waals surface area contributed by atoms with Crippen LogP contribution >= 0.6 is 0 Å². The lowest BCUT2D eigenvalue weighted by Gasteiger charge is -2.27. The quantitative estimate of drug-likeness (QED) is 0.129. The highest BCUT2D eigenvalue weighted by Gasteiger charge is 2.47. The minimum Gasteiger partial charge on any atom is -0.408 e. The minimum atomic E-state index is -0.447. The first kappa shape index (κ1) is 33.2. The Labute approximate surface area is 305 Å². The molecule has 6 aromatic rings. The number of ketones is 1. The van der Waals surface area contributed by atoms with Crippen LogP contribution in [-0.4, -0.2) is 15.9 Å². The summed E-state index contributed by atoms with van der Waals surface area (Å²) in [4.78, 5) is 29.6. The molecule has 0 fully saturated rings. The molecule has 5 nitrogen and oxygen atoms in total. The number of hydrogen-bond acceptors (Lipinski definition) is 5. The van der Waals surface area contributed by atoms with E-state index in [1.165, 1.54) is 0 Å². The Morgan fingerprint density at radius 1 is 0.404 bits per heavy atom. The lowest BCUT2D eigenvalue weighted by molar-refractivity contribution is -0.132. The van der Waals surface area contributed by atoms with Gasteiger partial charge in [0.1, 0.15) is 23.6 Å². The van der Waals surface area contributed by atoms with Crippen molar-refractivity contribution in [1.29, 1.82) is 0 Å². The van der Waals surface area contributed by atoms with Crippen LogP contribution in [0.2, 0.25) is 0 Å². The number of hydroxylamine groups is 4. The monoisotopic (exact) mass is 680 g/mol. The third kappa shape index (κ3) is 7.24. The molecule has 0 aromatic heterocycles. The van der Waals surface area contributed by atoms with Gasteiger partial charge in [-0.15, -0.1) is 10.1 Å². The van der Waals surface area contributed by atoms with Crippen LogP contribution in [0.25, 0.3) is 0 Å². The number of nitrogens with zero attached hydrogens (tertiary/aromatic N) is 2. The van der Waals surface area contributed by atoms with Gasteiger partial charge >= 0.3 is 0 Å². The van der Waals surface area contributed by atoms with E-state index >= 15 is 4.79 Å². The topological polar surface area (TPSA) is 42.0 Å². The van der Waals surface area contributed by atoms with Crippen molar-refractivity contribution in [2.75, 3.05) is 0 Å². The Morgan fingerprint density at radius 3 is 1.02 bits per heavy atom. The molecule has 0 radical (unpaired) electrons. The summed E-state index contributed by atoms with van der Waals surface area (Å²) >= 11 is 0. The van der Waals surface area contributed by atoms with E-state index in [0.29, 0.717) is 48.6 Å². The SMILES string of the molecule is O=C(C1=C(Cc2ccccc2)ON(Cc2ccccc2)C1c1ccccc1)C1=C(Cc2ccccc2)ON(Cc2ccccc2)C1c1ccccc1. The zero-order chi connectivity index (χ0) is 35.1. The van der Waals surface area contributed by atoms with Crippen molar-refractivity contribution in [2.24, 2.45) is 0 Å². The molecule has 8 rings (SSSR count). The Balaban J connectivity index is 1.30. The van der Waals surface area contributed by atoms with Crippen LogP contribution in [0.4, 0.5) is 0 Å². The smallest absolute Gasteiger partial charge is 0.196 e. The number of rotatable bonds is 12. The largest absolute Gasteiger partial charge is 0.408 e. The highest BCUT2D eigenvalue weighted by Crippen LogP contribution is 2.47. The fraction of sp³-hybridized carbons (Fsp3) is 0.128. The van der Waals surface area contributed by atoms with E-state index < -0.39 is 12.1 Å². The number of benzene rings is 6. The van der Waals surface area contributed by atoms with E-state index in [-0.39, 0.29) is 5.78 Å². The Bertz CT molecular complexity index is 2000. The van der Waals surface area contributed by atoms with Crippen molar-refractivity contribution in [3.63, 3.8) is 0 Å². The van der Waals surface area contributed by atoms with Crippen molar-refractivity contribution in [2.45, 2.75) is 38.0 Å². The molecule has 256 valence electrons. The third-order valence-corrected chi connectivity index (χ3v) is 9.68. The molecule has 0 saturated carbocycles. The summed E-state index contributed by atoms with van der Waals surface area (Å²) in [6, 6.07) is 60.6. The number of carbonyl (C=O) groups is 1. The second-order valence-corrected chi connectivity index (χ2v) is 13.3. The number of carbonyl (C=O) groups excluding carboxylic acids is 1. The number of hydrogen-bond donors (Lipinski definition) is 0. The summed E-state index contributed by atoms with van der Waals surface area (Å²) < 4.78 is 0. The molecular weight excluding hydrogens is 641 g/mol. The summed E-state index contributed by atoms with van der Waals surface area (Å²) in [7, 11) is 0. The summed E-state index contributed by atoms with van der Waals surface area (Å²) in [6.07, 6.45) is 0.949.